The Hall–Kier alpha value is -3.09. The molecule has 0 aliphatic carbocycles. The van der Waals surface area contributed by atoms with Crippen molar-refractivity contribution in [3.63, 3.8) is 0 Å². The number of ketones is 1. The van der Waals surface area contributed by atoms with Gasteiger partial charge >= 0.3 is 0 Å². The van der Waals surface area contributed by atoms with E-state index in [4.69, 9.17) is 16.3 Å². The number of hydrogen-bond donors (Lipinski definition) is 1. The van der Waals surface area contributed by atoms with Gasteiger partial charge in [0, 0.05) is 15.6 Å². The van der Waals surface area contributed by atoms with Gasteiger partial charge in [0.2, 0.25) is 0 Å². The first kappa shape index (κ1) is 24.0. The standard InChI is InChI=1S/C27H26ClNO4S/c1-15-11-12-34-25(15)22-21(24(31)26(32)29(22)18-8-6-7-17(28)14-18)23(30)19-13-16(27(2,3)4)9-10-20(19)33-5/h6-14,22,30H,1-5H3/b23-21+. The lowest BCUT2D eigenvalue weighted by molar-refractivity contribution is -0.132. The van der Waals surface area contributed by atoms with Crippen LogP contribution in [0, 0.1) is 6.92 Å². The van der Waals surface area contributed by atoms with Gasteiger partial charge in [-0.3, -0.25) is 14.5 Å². The number of nitrogens with zero attached hydrogens (tertiary/aromatic N) is 1. The van der Waals surface area contributed by atoms with Gasteiger partial charge in [0.25, 0.3) is 11.7 Å². The highest BCUT2D eigenvalue weighted by atomic mass is 35.5. The molecule has 0 radical (unpaired) electrons. The molecule has 0 spiro atoms. The van der Waals surface area contributed by atoms with Crippen LogP contribution in [0.4, 0.5) is 5.69 Å². The molecular weight excluding hydrogens is 470 g/mol. The van der Waals surface area contributed by atoms with E-state index in [1.54, 1.807) is 30.3 Å². The SMILES string of the molecule is COc1ccc(C(C)(C)C)cc1/C(O)=C1\C(=O)C(=O)N(c2cccc(Cl)c2)C1c1sccc1C. The molecule has 3 aromatic rings. The molecule has 4 rings (SSSR count). The van der Waals surface area contributed by atoms with Gasteiger partial charge in [-0.1, -0.05) is 44.5 Å². The van der Waals surface area contributed by atoms with E-state index in [-0.39, 0.29) is 16.7 Å². The average molecular weight is 496 g/mol. The number of methoxy groups -OCH3 is 1. The highest BCUT2D eigenvalue weighted by Crippen LogP contribution is 2.46. The number of carbonyl (C=O) groups excluding carboxylic acids is 2. The second-order valence-electron chi connectivity index (χ2n) is 9.28. The quantitative estimate of drug-likeness (QED) is 0.250. The minimum absolute atomic E-state index is 0.0277. The molecule has 1 atom stereocenters. The van der Waals surface area contributed by atoms with Gasteiger partial charge in [-0.25, -0.2) is 0 Å². The first-order chi connectivity index (χ1) is 16.0. The monoisotopic (exact) mass is 495 g/mol. The Kier molecular flexibility index (Phi) is 6.32. The number of hydrogen-bond acceptors (Lipinski definition) is 5. The summed E-state index contributed by atoms with van der Waals surface area (Å²) in [6.07, 6.45) is 0. The molecule has 1 aliphatic rings. The predicted octanol–water partition coefficient (Wildman–Crippen LogP) is 6.64. The van der Waals surface area contributed by atoms with E-state index >= 15 is 0 Å². The number of thiophene rings is 1. The fraction of sp³-hybridized carbons (Fsp3) is 0.259. The number of anilines is 1. The summed E-state index contributed by atoms with van der Waals surface area (Å²) in [6.45, 7) is 8.11. The van der Waals surface area contributed by atoms with E-state index in [2.05, 4.69) is 20.8 Å². The van der Waals surface area contributed by atoms with Crippen molar-refractivity contribution in [1.29, 1.82) is 0 Å². The van der Waals surface area contributed by atoms with Gasteiger partial charge in [0.05, 0.1) is 18.2 Å². The zero-order chi connectivity index (χ0) is 24.8. The molecule has 7 heteroatoms. The van der Waals surface area contributed by atoms with Crippen LogP contribution in [0.15, 0.2) is 59.5 Å². The summed E-state index contributed by atoms with van der Waals surface area (Å²) >= 11 is 7.64. The highest BCUT2D eigenvalue weighted by Gasteiger charge is 2.48. The average Bonchev–Trinajstić information content (AvgIpc) is 3.32. The minimum atomic E-state index is -0.790. The van der Waals surface area contributed by atoms with E-state index in [0.717, 1.165) is 16.0 Å². The lowest BCUT2D eigenvalue weighted by Gasteiger charge is -2.25. The summed E-state index contributed by atoms with van der Waals surface area (Å²) < 4.78 is 5.51. The zero-order valence-corrected chi connectivity index (χ0v) is 21.3. The third kappa shape index (κ3) is 4.12. The van der Waals surface area contributed by atoms with Gasteiger partial charge in [0.1, 0.15) is 17.6 Å². The third-order valence-corrected chi connectivity index (χ3v) is 7.31. The van der Waals surface area contributed by atoms with Crippen LogP contribution in [0.1, 0.15) is 48.4 Å². The molecule has 176 valence electrons. The maximum Gasteiger partial charge on any atom is 0.300 e. The Balaban J connectivity index is 2.00. The van der Waals surface area contributed by atoms with Gasteiger partial charge in [-0.15, -0.1) is 11.3 Å². The van der Waals surface area contributed by atoms with E-state index in [1.807, 2.05) is 30.5 Å². The largest absolute Gasteiger partial charge is 0.507 e. The Bertz CT molecular complexity index is 1320. The number of aryl methyl sites for hydroxylation is 1. The molecule has 2 aromatic carbocycles. The molecule has 1 fully saturated rings. The molecule has 0 bridgehead atoms. The molecule has 1 N–H and O–H groups in total. The highest BCUT2D eigenvalue weighted by molar-refractivity contribution is 7.10. The van der Waals surface area contributed by atoms with Crippen LogP contribution in [0.2, 0.25) is 5.02 Å². The second kappa shape index (κ2) is 8.93. The number of rotatable bonds is 4. The van der Waals surface area contributed by atoms with Crippen molar-refractivity contribution < 1.29 is 19.4 Å². The van der Waals surface area contributed by atoms with Crippen molar-refractivity contribution in [2.75, 3.05) is 12.0 Å². The molecular formula is C27H26ClNO4S. The van der Waals surface area contributed by atoms with Crippen molar-refractivity contribution in [2.45, 2.75) is 39.2 Å². The molecule has 34 heavy (non-hydrogen) atoms. The van der Waals surface area contributed by atoms with E-state index < -0.39 is 17.7 Å². The lowest BCUT2D eigenvalue weighted by Crippen LogP contribution is -2.29. The van der Waals surface area contributed by atoms with E-state index in [1.165, 1.54) is 23.3 Å². The van der Waals surface area contributed by atoms with Crippen molar-refractivity contribution in [1.82, 2.24) is 0 Å². The van der Waals surface area contributed by atoms with Crippen molar-refractivity contribution in [3.05, 3.63) is 86.1 Å². The van der Waals surface area contributed by atoms with Crippen LogP contribution < -0.4 is 9.64 Å². The number of benzene rings is 2. The summed E-state index contributed by atoms with van der Waals surface area (Å²) in [6, 6.07) is 13.5. The van der Waals surface area contributed by atoms with Crippen LogP contribution in [-0.2, 0) is 15.0 Å². The molecule has 2 heterocycles. The fourth-order valence-electron chi connectivity index (χ4n) is 4.14. The van der Waals surface area contributed by atoms with Crippen LogP contribution >= 0.6 is 22.9 Å². The van der Waals surface area contributed by atoms with Gasteiger partial charge < -0.3 is 9.84 Å². The molecule has 1 saturated heterocycles. The molecule has 1 unspecified atom stereocenters. The first-order valence-electron chi connectivity index (χ1n) is 10.8. The van der Waals surface area contributed by atoms with Gasteiger partial charge in [0.15, 0.2) is 0 Å². The van der Waals surface area contributed by atoms with Crippen molar-refractivity contribution in [2.24, 2.45) is 0 Å². The Morgan fingerprint density at radius 3 is 2.44 bits per heavy atom. The minimum Gasteiger partial charge on any atom is -0.507 e. The second-order valence-corrected chi connectivity index (χ2v) is 10.7. The number of carbonyl (C=O) groups is 2. The number of aliphatic hydroxyl groups excluding tert-OH is 1. The Morgan fingerprint density at radius 1 is 1.12 bits per heavy atom. The third-order valence-electron chi connectivity index (χ3n) is 6.00. The van der Waals surface area contributed by atoms with Crippen molar-refractivity contribution in [3.8, 4) is 5.75 Å². The first-order valence-corrected chi connectivity index (χ1v) is 12.1. The fourth-order valence-corrected chi connectivity index (χ4v) is 5.35. The molecule has 0 saturated carbocycles. The van der Waals surface area contributed by atoms with E-state index in [9.17, 15) is 14.7 Å². The Morgan fingerprint density at radius 2 is 1.85 bits per heavy atom. The van der Waals surface area contributed by atoms with Crippen molar-refractivity contribution >= 4 is 46.1 Å². The number of Topliss-reactive ketones (excluding diaryl/α,β-unsaturated/α-hetero) is 1. The maximum absolute atomic E-state index is 13.4. The maximum atomic E-state index is 13.4. The summed E-state index contributed by atoms with van der Waals surface area (Å²) in [5.74, 6) is -1.31. The number of aliphatic hydroxyl groups is 1. The molecule has 1 aliphatic heterocycles. The summed E-state index contributed by atoms with van der Waals surface area (Å²) in [5, 5.41) is 13.9. The number of amides is 1. The topological polar surface area (TPSA) is 66.8 Å². The van der Waals surface area contributed by atoms with Crippen LogP contribution in [0.5, 0.6) is 5.75 Å². The molecule has 5 nitrogen and oxygen atoms in total. The van der Waals surface area contributed by atoms with E-state index in [0.29, 0.717) is 22.0 Å². The van der Waals surface area contributed by atoms with Crippen LogP contribution in [-0.4, -0.2) is 23.9 Å². The normalized spacial score (nSPS) is 17.9. The summed E-state index contributed by atoms with van der Waals surface area (Å²) in [4.78, 5) is 28.9. The summed E-state index contributed by atoms with van der Waals surface area (Å²) in [7, 11) is 1.51. The number of ether oxygens (including phenoxy) is 1. The smallest absolute Gasteiger partial charge is 0.300 e. The predicted molar refractivity (Wildman–Crippen MR) is 137 cm³/mol. The van der Waals surface area contributed by atoms with Gasteiger partial charge in [-0.2, -0.15) is 0 Å². The van der Waals surface area contributed by atoms with Crippen LogP contribution in [0.3, 0.4) is 0 Å². The van der Waals surface area contributed by atoms with Crippen LogP contribution in [0.25, 0.3) is 5.76 Å². The Labute approximate surface area is 208 Å². The lowest BCUT2D eigenvalue weighted by atomic mass is 9.85. The molecule has 1 aromatic heterocycles. The number of halogens is 1. The zero-order valence-electron chi connectivity index (χ0n) is 19.7. The van der Waals surface area contributed by atoms with Gasteiger partial charge in [-0.05, 0) is 65.2 Å². The molecule has 1 amide bonds. The summed E-state index contributed by atoms with van der Waals surface area (Å²) in [5.41, 5.74) is 2.57.